The van der Waals surface area contributed by atoms with Crippen molar-refractivity contribution in [3.63, 3.8) is 0 Å². The van der Waals surface area contributed by atoms with Crippen molar-refractivity contribution in [2.45, 2.75) is 19.8 Å². The van der Waals surface area contributed by atoms with Crippen LogP contribution in [-0.2, 0) is 8.98 Å². The first-order valence-corrected chi connectivity index (χ1v) is 6.35. The van der Waals surface area contributed by atoms with E-state index in [-0.39, 0.29) is 10.9 Å². The number of benzene rings is 1. The summed E-state index contributed by atoms with van der Waals surface area (Å²) in [6.07, 6.45) is 0.988. The Hall–Kier alpha value is -1.33. The molecule has 1 rings (SSSR count). The van der Waals surface area contributed by atoms with Crippen LogP contribution in [0.5, 0.6) is 5.75 Å². The summed E-state index contributed by atoms with van der Waals surface area (Å²) in [5.41, 5.74) is 0.565. The Labute approximate surface area is 111 Å². The molecule has 0 radical (unpaired) electrons. The number of Topliss-reactive ketones (excluding diaryl/α,β-unsaturated/α-hetero) is 1. The average molecular weight is 268 g/mol. The zero-order valence-corrected chi connectivity index (χ0v) is 11.3. The van der Waals surface area contributed by atoms with Crippen LogP contribution < -0.4 is 4.74 Å². The molecule has 0 aromatic heterocycles. The quantitative estimate of drug-likeness (QED) is 0.432. The van der Waals surface area contributed by atoms with Crippen molar-refractivity contribution in [2.24, 2.45) is 0 Å². The zero-order valence-electron chi connectivity index (χ0n) is 10.5. The third-order valence-corrected chi connectivity index (χ3v) is 2.78. The van der Waals surface area contributed by atoms with Crippen LogP contribution in [0.4, 0.5) is 0 Å². The summed E-state index contributed by atoms with van der Waals surface area (Å²) in [6.45, 7) is 1.90. The molecule has 0 unspecified atom stereocenters. The standard InChI is InChI=1S/C13H16O4S/c1-10(14)11-6-3-4-7-12(11)17-9-5-8-13(15)18-16-2/h3-4,6-7H,5,8-9H2,1-2H3. The van der Waals surface area contributed by atoms with Crippen molar-refractivity contribution in [3.8, 4) is 5.75 Å². The SMILES string of the molecule is COSC(=O)CCCOc1ccccc1C(C)=O. The van der Waals surface area contributed by atoms with Crippen molar-refractivity contribution in [2.75, 3.05) is 13.7 Å². The van der Waals surface area contributed by atoms with E-state index in [4.69, 9.17) is 4.74 Å². The van der Waals surface area contributed by atoms with Gasteiger partial charge in [-0.15, -0.1) is 0 Å². The van der Waals surface area contributed by atoms with E-state index in [2.05, 4.69) is 4.18 Å². The molecular formula is C13H16O4S. The van der Waals surface area contributed by atoms with Crippen molar-refractivity contribution < 1.29 is 18.5 Å². The average Bonchev–Trinajstić information content (AvgIpc) is 2.35. The lowest BCUT2D eigenvalue weighted by Crippen LogP contribution is -2.04. The van der Waals surface area contributed by atoms with Gasteiger partial charge in [-0.05, 0) is 25.5 Å². The lowest BCUT2D eigenvalue weighted by molar-refractivity contribution is -0.111. The van der Waals surface area contributed by atoms with Gasteiger partial charge in [-0.25, -0.2) is 0 Å². The van der Waals surface area contributed by atoms with Crippen molar-refractivity contribution in [1.82, 2.24) is 0 Å². The van der Waals surface area contributed by atoms with Crippen LogP contribution >= 0.6 is 12.0 Å². The van der Waals surface area contributed by atoms with Gasteiger partial charge in [0, 0.05) is 6.42 Å². The normalized spacial score (nSPS) is 10.1. The fraction of sp³-hybridized carbons (Fsp3) is 0.385. The Morgan fingerprint density at radius 1 is 1.28 bits per heavy atom. The number of carbonyl (C=O) groups is 2. The summed E-state index contributed by atoms with van der Waals surface area (Å²) in [6, 6.07) is 7.09. The molecule has 0 saturated carbocycles. The highest BCUT2D eigenvalue weighted by Gasteiger charge is 2.07. The molecule has 0 aliphatic carbocycles. The van der Waals surface area contributed by atoms with Gasteiger partial charge in [-0.2, -0.15) is 0 Å². The van der Waals surface area contributed by atoms with Crippen LogP contribution in [0, 0.1) is 0 Å². The van der Waals surface area contributed by atoms with Gasteiger partial charge in [0.15, 0.2) is 5.78 Å². The first kappa shape index (κ1) is 14.7. The summed E-state index contributed by atoms with van der Waals surface area (Å²) in [5.74, 6) is 0.536. The molecule has 0 bridgehead atoms. The van der Waals surface area contributed by atoms with E-state index in [1.165, 1.54) is 14.0 Å². The molecule has 0 saturated heterocycles. The summed E-state index contributed by atoms with van der Waals surface area (Å²) >= 11 is 0.837. The molecule has 18 heavy (non-hydrogen) atoms. The first-order chi connectivity index (χ1) is 8.65. The molecule has 0 fully saturated rings. The Morgan fingerprint density at radius 2 is 2.00 bits per heavy atom. The number of rotatable bonds is 7. The van der Waals surface area contributed by atoms with E-state index in [1.54, 1.807) is 18.2 Å². The fourth-order valence-corrected chi connectivity index (χ4v) is 1.83. The van der Waals surface area contributed by atoms with E-state index >= 15 is 0 Å². The van der Waals surface area contributed by atoms with Crippen LogP contribution in [-0.4, -0.2) is 24.6 Å². The van der Waals surface area contributed by atoms with Gasteiger partial charge in [0.1, 0.15) is 5.75 Å². The van der Waals surface area contributed by atoms with Gasteiger partial charge in [0.2, 0.25) is 5.12 Å². The second kappa shape index (κ2) is 7.89. The second-order valence-corrected chi connectivity index (χ2v) is 4.58. The molecule has 0 aliphatic heterocycles. The minimum Gasteiger partial charge on any atom is -0.493 e. The highest BCUT2D eigenvalue weighted by molar-refractivity contribution is 8.09. The molecule has 0 aliphatic rings. The van der Waals surface area contributed by atoms with Crippen LogP contribution in [0.3, 0.4) is 0 Å². The van der Waals surface area contributed by atoms with Gasteiger partial charge in [-0.3, -0.25) is 9.59 Å². The summed E-state index contributed by atoms with van der Waals surface area (Å²) in [7, 11) is 1.46. The Bertz CT molecular complexity index is 417. The monoisotopic (exact) mass is 268 g/mol. The maximum atomic E-state index is 11.3. The molecule has 0 N–H and O–H groups in total. The van der Waals surface area contributed by atoms with Gasteiger partial charge < -0.3 is 8.92 Å². The maximum absolute atomic E-state index is 11.3. The third-order valence-electron chi connectivity index (χ3n) is 2.23. The number of hydrogen-bond acceptors (Lipinski definition) is 5. The van der Waals surface area contributed by atoms with E-state index < -0.39 is 0 Å². The number of ether oxygens (including phenoxy) is 1. The number of ketones is 1. The lowest BCUT2D eigenvalue weighted by Gasteiger charge is -2.08. The molecule has 0 amide bonds. The number of para-hydroxylation sites is 1. The summed E-state index contributed by atoms with van der Waals surface area (Å²) in [5, 5.41) is -0.0269. The van der Waals surface area contributed by atoms with Crippen molar-refractivity contribution in [1.29, 1.82) is 0 Å². The van der Waals surface area contributed by atoms with E-state index in [0.717, 1.165) is 12.0 Å². The Balaban J connectivity index is 2.40. The molecular weight excluding hydrogens is 252 g/mol. The smallest absolute Gasteiger partial charge is 0.215 e. The van der Waals surface area contributed by atoms with Crippen LogP contribution in [0.2, 0.25) is 0 Å². The molecule has 0 spiro atoms. The first-order valence-electron chi connectivity index (χ1n) is 5.61. The molecule has 4 nitrogen and oxygen atoms in total. The van der Waals surface area contributed by atoms with E-state index in [9.17, 15) is 9.59 Å². The third kappa shape index (κ3) is 4.89. The van der Waals surface area contributed by atoms with E-state index in [1.807, 2.05) is 6.07 Å². The Kier molecular flexibility index (Phi) is 6.46. The maximum Gasteiger partial charge on any atom is 0.215 e. The summed E-state index contributed by atoms with van der Waals surface area (Å²) in [4.78, 5) is 22.5. The predicted octanol–water partition coefficient (Wildman–Crippen LogP) is 2.87. The highest BCUT2D eigenvalue weighted by atomic mass is 32.2. The summed E-state index contributed by atoms with van der Waals surface area (Å²) < 4.78 is 10.2. The second-order valence-electron chi connectivity index (χ2n) is 3.63. The van der Waals surface area contributed by atoms with Crippen molar-refractivity contribution in [3.05, 3.63) is 29.8 Å². The number of hydrogen-bond donors (Lipinski definition) is 0. The molecule has 0 heterocycles. The van der Waals surface area contributed by atoms with Gasteiger partial charge in [0.25, 0.3) is 0 Å². The predicted molar refractivity (Wildman–Crippen MR) is 70.8 cm³/mol. The van der Waals surface area contributed by atoms with Gasteiger partial charge in [-0.1, -0.05) is 12.1 Å². The molecule has 98 valence electrons. The fourth-order valence-electron chi connectivity index (χ4n) is 1.42. The van der Waals surface area contributed by atoms with Gasteiger partial charge >= 0.3 is 0 Å². The van der Waals surface area contributed by atoms with Gasteiger partial charge in [0.05, 0.1) is 31.3 Å². The largest absolute Gasteiger partial charge is 0.493 e. The van der Waals surface area contributed by atoms with Crippen LogP contribution in [0.15, 0.2) is 24.3 Å². The van der Waals surface area contributed by atoms with Crippen LogP contribution in [0.25, 0.3) is 0 Å². The molecule has 5 heteroatoms. The van der Waals surface area contributed by atoms with Crippen molar-refractivity contribution >= 4 is 22.9 Å². The Morgan fingerprint density at radius 3 is 2.67 bits per heavy atom. The van der Waals surface area contributed by atoms with Crippen LogP contribution in [0.1, 0.15) is 30.1 Å². The van der Waals surface area contributed by atoms with E-state index in [0.29, 0.717) is 30.8 Å². The molecule has 1 aromatic carbocycles. The minimum atomic E-state index is -0.0309. The molecule has 0 atom stereocenters. The number of carbonyl (C=O) groups excluding carboxylic acids is 2. The highest BCUT2D eigenvalue weighted by Crippen LogP contribution is 2.18. The minimum absolute atomic E-state index is 0.0269. The molecule has 1 aromatic rings. The lowest BCUT2D eigenvalue weighted by atomic mass is 10.1. The topological polar surface area (TPSA) is 52.6 Å². The zero-order chi connectivity index (χ0) is 13.4.